The van der Waals surface area contributed by atoms with Crippen molar-refractivity contribution in [3.05, 3.63) is 71.6 Å². The summed E-state index contributed by atoms with van der Waals surface area (Å²) in [5.41, 5.74) is 1.35. The lowest BCUT2D eigenvalue weighted by Gasteiger charge is -2.32. The Morgan fingerprint density at radius 3 is 2.39 bits per heavy atom. The number of nitrogens with zero attached hydrogens (tertiary/aromatic N) is 2. The molecule has 0 unspecified atom stereocenters. The minimum Gasteiger partial charge on any atom is -0.488 e. The van der Waals surface area contributed by atoms with Crippen LogP contribution in [-0.4, -0.2) is 41.3 Å². The van der Waals surface area contributed by atoms with Gasteiger partial charge in [0.05, 0.1) is 10.6 Å². The molecule has 0 aliphatic carbocycles. The molecule has 0 N–H and O–H groups in total. The first kappa shape index (κ1) is 21.0. The molecule has 7 nitrogen and oxygen atoms in total. The van der Waals surface area contributed by atoms with Crippen LogP contribution in [0.4, 0.5) is 15.3 Å². The summed E-state index contributed by atoms with van der Waals surface area (Å²) in [5, 5.41) is -0.387. The molecule has 31 heavy (non-hydrogen) atoms. The molecule has 0 atom stereocenters. The van der Waals surface area contributed by atoms with E-state index in [-0.39, 0.29) is 28.9 Å². The number of imide groups is 1. The lowest BCUT2D eigenvalue weighted by atomic mass is 10.1. The summed E-state index contributed by atoms with van der Waals surface area (Å²) in [6.07, 6.45) is 0.769. The summed E-state index contributed by atoms with van der Waals surface area (Å²) in [4.78, 5) is 39.8. The van der Waals surface area contributed by atoms with Crippen LogP contribution >= 0.6 is 11.8 Å². The molecule has 3 amide bonds. The van der Waals surface area contributed by atoms with E-state index in [1.54, 1.807) is 29.2 Å². The summed E-state index contributed by atoms with van der Waals surface area (Å²) < 4.78 is 11.5. The van der Waals surface area contributed by atoms with Crippen LogP contribution in [0.15, 0.2) is 66.1 Å². The molecule has 2 aliphatic rings. The predicted octanol–water partition coefficient (Wildman–Crippen LogP) is 4.58. The van der Waals surface area contributed by atoms with E-state index in [1.165, 1.54) is 0 Å². The number of benzene rings is 2. The van der Waals surface area contributed by atoms with E-state index in [4.69, 9.17) is 9.47 Å². The number of likely N-dealkylation sites (tertiary alicyclic amines) is 1. The average Bonchev–Trinajstić information content (AvgIpc) is 3.05. The SMILES string of the molecule is C=C1SC(=O)N(c2ccccc2OC2CCN(C(=O)OCc3ccccc3)CC2)C1=O. The summed E-state index contributed by atoms with van der Waals surface area (Å²) in [5.74, 6) is 0.0339. The van der Waals surface area contributed by atoms with Gasteiger partial charge in [-0.3, -0.25) is 9.59 Å². The van der Waals surface area contributed by atoms with Gasteiger partial charge in [-0.2, -0.15) is 0 Å². The number of carbonyl (C=O) groups is 3. The number of amides is 3. The van der Waals surface area contributed by atoms with Crippen LogP contribution in [0.1, 0.15) is 18.4 Å². The summed E-state index contributed by atoms with van der Waals surface area (Å²) >= 11 is 0.822. The highest BCUT2D eigenvalue weighted by molar-refractivity contribution is 8.18. The number of para-hydroxylation sites is 2. The van der Waals surface area contributed by atoms with E-state index in [0.717, 1.165) is 22.2 Å². The van der Waals surface area contributed by atoms with E-state index in [2.05, 4.69) is 6.58 Å². The first-order valence-corrected chi connectivity index (χ1v) is 10.8. The number of rotatable bonds is 5. The topological polar surface area (TPSA) is 76.2 Å². The first-order valence-electron chi connectivity index (χ1n) is 9.99. The zero-order valence-electron chi connectivity index (χ0n) is 16.9. The Bertz CT molecular complexity index is 1000. The molecule has 160 valence electrons. The standard InChI is InChI=1S/C23H22N2O5S/c1-16-21(26)25(23(28)31-16)19-9-5-6-10-20(19)30-18-11-13-24(14-12-18)22(27)29-15-17-7-3-2-4-8-17/h2-10,18H,1,11-15H2. The van der Waals surface area contributed by atoms with Gasteiger partial charge in [-0.15, -0.1) is 0 Å². The van der Waals surface area contributed by atoms with Crippen molar-refractivity contribution in [1.29, 1.82) is 0 Å². The third-order valence-electron chi connectivity index (χ3n) is 5.14. The Hall–Kier alpha value is -3.26. The molecule has 8 heteroatoms. The second-order valence-corrected chi connectivity index (χ2v) is 8.29. The third kappa shape index (κ3) is 4.74. The lowest BCUT2D eigenvalue weighted by molar-refractivity contribution is -0.113. The maximum absolute atomic E-state index is 12.3. The molecule has 0 aromatic heterocycles. The Morgan fingerprint density at radius 1 is 1.03 bits per heavy atom. The highest BCUT2D eigenvalue weighted by Gasteiger charge is 2.37. The van der Waals surface area contributed by atoms with Gasteiger partial charge in [0.2, 0.25) is 0 Å². The Kier molecular flexibility index (Phi) is 6.27. The van der Waals surface area contributed by atoms with Gasteiger partial charge in [-0.1, -0.05) is 49.0 Å². The molecule has 0 bridgehead atoms. The third-order valence-corrected chi connectivity index (χ3v) is 5.92. The van der Waals surface area contributed by atoms with Crippen molar-refractivity contribution in [2.75, 3.05) is 18.0 Å². The molecule has 0 saturated carbocycles. The average molecular weight is 439 g/mol. The molecule has 2 aromatic carbocycles. The van der Waals surface area contributed by atoms with Crippen molar-refractivity contribution < 1.29 is 23.9 Å². The number of piperidine rings is 1. The number of hydrogen-bond acceptors (Lipinski definition) is 6. The van der Waals surface area contributed by atoms with Gasteiger partial charge in [0.25, 0.3) is 11.1 Å². The molecule has 2 saturated heterocycles. The fourth-order valence-electron chi connectivity index (χ4n) is 3.50. The molecular weight excluding hydrogens is 416 g/mol. The van der Waals surface area contributed by atoms with Crippen molar-refractivity contribution in [1.82, 2.24) is 4.90 Å². The fourth-order valence-corrected chi connectivity index (χ4v) is 4.16. The van der Waals surface area contributed by atoms with Gasteiger partial charge in [0.15, 0.2) is 0 Å². The Labute approximate surface area is 184 Å². The smallest absolute Gasteiger partial charge is 0.410 e. The zero-order chi connectivity index (χ0) is 21.8. The first-order chi connectivity index (χ1) is 15.0. The van der Waals surface area contributed by atoms with Crippen LogP contribution in [0.3, 0.4) is 0 Å². The summed E-state index contributed by atoms with van der Waals surface area (Å²) in [7, 11) is 0. The minimum absolute atomic E-state index is 0.136. The van der Waals surface area contributed by atoms with Crippen LogP contribution in [0.25, 0.3) is 0 Å². The van der Waals surface area contributed by atoms with Gasteiger partial charge >= 0.3 is 6.09 Å². The Morgan fingerprint density at radius 2 is 1.71 bits per heavy atom. The molecule has 0 spiro atoms. The molecule has 2 fully saturated rings. The normalized spacial score (nSPS) is 17.2. The van der Waals surface area contributed by atoms with E-state index >= 15 is 0 Å². The van der Waals surface area contributed by atoms with Crippen molar-refractivity contribution in [3.63, 3.8) is 0 Å². The quantitative estimate of drug-likeness (QED) is 0.636. The minimum atomic E-state index is -0.429. The number of hydrogen-bond donors (Lipinski definition) is 0. The van der Waals surface area contributed by atoms with E-state index < -0.39 is 5.91 Å². The molecule has 2 heterocycles. The second kappa shape index (κ2) is 9.26. The monoisotopic (exact) mass is 438 g/mol. The largest absolute Gasteiger partial charge is 0.488 e. The molecule has 4 rings (SSSR count). The van der Waals surface area contributed by atoms with E-state index in [1.807, 2.05) is 30.3 Å². The molecular formula is C23H22N2O5S. The van der Waals surface area contributed by atoms with Crippen molar-refractivity contribution in [3.8, 4) is 5.75 Å². The van der Waals surface area contributed by atoms with Crippen molar-refractivity contribution >= 4 is 34.7 Å². The number of carbonyl (C=O) groups excluding carboxylic acids is 3. The molecule has 0 radical (unpaired) electrons. The van der Waals surface area contributed by atoms with Gasteiger partial charge in [0.1, 0.15) is 18.5 Å². The number of anilines is 1. The van der Waals surface area contributed by atoms with Crippen molar-refractivity contribution in [2.45, 2.75) is 25.6 Å². The predicted molar refractivity (Wildman–Crippen MR) is 118 cm³/mol. The maximum Gasteiger partial charge on any atom is 0.410 e. The summed E-state index contributed by atoms with van der Waals surface area (Å²) in [6.45, 7) is 4.88. The number of ether oxygens (including phenoxy) is 2. The highest BCUT2D eigenvalue weighted by Crippen LogP contribution is 2.38. The van der Waals surface area contributed by atoms with Gasteiger partial charge < -0.3 is 14.4 Å². The van der Waals surface area contributed by atoms with Gasteiger partial charge in [0, 0.05) is 25.9 Å². The molecule has 2 aliphatic heterocycles. The van der Waals surface area contributed by atoms with Gasteiger partial charge in [-0.05, 0) is 29.5 Å². The zero-order valence-corrected chi connectivity index (χ0v) is 17.7. The lowest BCUT2D eigenvalue weighted by Crippen LogP contribution is -2.42. The van der Waals surface area contributed by atoms with Crippen LogP contribution in [0.2, 0.25) is 0 Å². The van der Waals surface area contributed by atoms with Crippen LogP contribution in [-0.2, 0) is 16.1 Å². The Balaban J connectivity index is 1.33. The van der Waals surface area contributed by atoms with Crippen LogP contribution in [0.5, 0.6) is 5.75 Å². The van der Waals surface area contributed by atoms with Crippen LogP contribution < -0.4 is 9.64 Å². The van der Waals surface area contributed by atoms with Gasteiger partial charge in [-0.25, -0.2) is 9.69 Å². The molecule has 2 aromatic rings. The number of thioether (sulfide) groups is 1. The van der Waals surface area contributed by atoms with Crippen LogP contribution in [0, 0.1) is 0 Å². The maximum atomic E-state index is 12.3. The van der Waals surface area contributed by atoms with Crippen molar-refractivity contribution in [2.24, 2.45) is 0 Å². The second-order valence-electron chi connectivity index (χ2n) is 7.24. The summed E-state index contributed by atoms with van der Waals surface area (Å²) in [6, 6.07) is 16.5. The highest BCUT2D eigenvalue weighted by atomic mass is 32.2. The van der Waals surface area contributed by atoms with E-state index in [0.29, 0.717) is 37.4 Å². The fraction of sp³-hybridized carbons (Fsp3) is 0.261. The van der Waals surface area contributed by atoms with E-state index in [9.17, 15) is 14.4 Å².